The van der Waals surface area contributed by atoms with Crippen LogP contribution in [0.15, 0.2) is 0 Å². The second kappa shape index (κ2) is 2.35. The standard InChI is InChI=1S/C8H8Br4/c9-7(10)3-1-4-6(2-5(3)7)8(4,11)12/h3-6H,1-2H2/t3-,4-,5-,6+/m1/s1. The lowest BCUT2D eigenvalue weighted by atomic mass is 10.0. The van der Waals surface area contributed by atoms with Crippen molar-refractivity contribution in [1.29, 1.82) is 0 Å². The molecule has 0 aromatic rings. The van der Waals surface area contributed by atoms with E-state index in [4.69, 9.17) is 0 Å². The van der Waals surface area contributed by atoms with Crippen LogP contribution in [0.5, 0.6) is 0 Å². The highest BCUT2D eigenvalue weighted by Gasteiger charge is 2.75. The molecule has 3 aliphatic rings. The molecule has 3 rings (SSSR count). The van der Waals surface area contributed by atoms with E-state index >= 15 is 0 Å². The third kappa shape index (κ3) is 0.989. The van der Waals surface area contributed by atoms with Crippen molar-refractivity contribution < 1.29 is 0 Å². The van der Waals surface area contributed by atoms with E-state index in [9.17, 15) is 0 Å². The first-order chi connectivity index (χ1) is 5.45. The van der Waals surface area contributed by atoms with Gasteiger partial charge in [-0.05, 0) is 36.5 Å². The fourth-order valence-electron chi connectivity index (χ4n) is 2.75. The first-order valence-electron chi connectivity index (χ1n) is 4.21. The van der Waals surface area contributed by atoms with Gasteiger partial charge in [-0.3, -0.25) is 0 Å². The van der Waals surface area contributed by atoms with Crippen LogP contribution in [0, 0.1) is 23.7 Å². The molecule has 0 unspecified atom stereocenters. The van der Waals surface area contributed by atoms with Crippen LogP contribution in [0.4, 0.5) is 0 Å². The first kappa shape index (κ1) is 9.17. The van der Waals surface area contributed by atoms with Gasteiger partial charge in [-0.25, -0.2) is 0 Å². The van der Waals surface area contributed by atoms with Crippen molar-refractivity contribution in [2.24, 2.45) is 23.7 Å². The molecule has 0 aliphatic heterocycles. The Hall–Kier alpha value is 1.92. The third-order valence-electron chi connectivity index (χ3n) is 3.75. The molecule has 4 heteroatoms. The average molecular weight is 424 g/mol. The van der Waals surface area contributed by atoms with E-state index in [0.717, 1.165) is 23.7 Å². The summed E-state index contributed by atoms with van der Waals surface area (Å²) < 4.78 is 0.618. The Bertz CT molecular complexity index is 201. The van der Waals surface area contributed by atoms with Crippen LogP contribution >= 0.6 is 63.7 Å². The molecule has 3 saturated carbocycles. The molecule has 0 amide bonds. The number of hydrogen-bond acceptors (Lipinski definition) is 0. The minimum absolute atomic E-state index is 0.309. The normalized spacial score (nSPS) is 57.0. The van der Waals surface area contributed by atoms with Crippen LogP contribution in [-0.4, -0.2) is 6.47 Å². The summed E-state index contributed by atoms with van der Waals surface area (Å²) >= 11 is 15.0. The number of fused-ring (bicyclic) bond motifs is 2. The van der Waals surface area contributed by atoms with Crippen LogP contribution in [-0.2, 0) is 0 Å². The molecule has 0 N–H and O–H groups in total. The summed E-state index contributed by atoms with van der Waals surface area (Å²) in [7, 11) is 0. The lowest BCUT2D eigenvalue weighted by Gasteiger charge is -2.02. The molecule has 0 radical (unpaired) electrons. The first-order valence-corrected chi connectivity index (χ1v) is 7.38. The second-order valence-electron chi connectivity index (χ2n) is 4.25. The minimum atomic E-state index is 0.309. The average Bonchev–Trinajstić information content (AvgIpc) is 2.72. The molecule has 12 heavy (non-hydrogen) atoms. The Morgan fingerprint density at radius 3 is 1.17 bits per heavy atom. The van der Waals surface area contributed by atoms with Gasteiger partial charge in [-0.2, -0.15) is 0 Å². The summed E-state index contributed by atoms with van der Waals surface area (Å²) in [5.74, 6) is 3.48. The fraction of sp³-hybridized carbons (Fsp3) is 1.00. The summed E-state index contributed by atoms with van der Waals surface area (Å²) in [6.45, 7) is 0. The van der Waals surface area contributed by atoms with Gasteiger partial charge < -0.3 is 0 Å². The molecule has 0 saturated heterocycles. The van der Waals surface area contributed by atoms with E-state index in [0.29, 0.717) is 6.47 Å². The van der Waals surface area contributed by atoms with E-state index in [1.807, 2.05) is 0 Å². The van der Waals surface area contributed by atoms with Gasteiger partial charge in [0.2, 0.25) is 0 Å². The second-order valence-corrected chi connectivity index (χ2v) is 11.6. The molecular formula is C8H8Br4. The monoisotopic (exact) mass is 420 g/mol. The van der Waals surface area contributed by atoms with Crippen molar-refractivity contribution in [2.45, 2.75) is 19.3 Å². The Morgan fingerprint density at radius 2 is 0.917 bits per heavy atom. The molecular weight excluding hydrogens is 416 g/mol. The Balaban J connectivity index is 1.80. The lowest BCUT2D eigenvalue weighted by molar-refractivity contribution is 0.457. The van der Waals surface area contributed by atoms with Gasteiger partial charge in [-0.15, -0.1) is 0 Å². The highest BCUT2D eigenvalue weighted by molar-refractivity contribution is 9.26. The smallest absolute Gasteiger partial charge is 0.0721 e. The molecule has 0 nitrogen and oxygen atoms in total. The number of hydrogen-bond donors (Lipinski definition) is 0. The number of rotatable bonds is 0. The van der Waals surface area contributed by atoms with E-state index in [1.165, 1.54) is 12.8 Å². The van der Waals surface area contributed by atoms with Gasteiger partial charge in [0.05, 0.1) is 6.47 Å². The van der Waals surface area contributed by atoms with Crippen LogP contribution in [0.1, 0.15) is 12.8 Å². The summed E-state index contributed by atoms with van der Waals surface area (Å²) in [4.78, 5) is 0. The Kier molecular flexibility index (Phi) is 1.80. The number of alkyl halides is 4. The van der Waals surface area contributed by atoms with Gasteiger partial charge in [0.15, 0.2) is 0 Å². The molecule has 0 aromatic heterocycles. The van der Waals surface area contributed by atoms with Gasteiger partial charge in [0.25, 0.3) is 0 Å². The largest absolute Gasteiger partial charge is 0.0868 e. The molecule has 3 aliphatic carbocycles. The van der Waals surface area contributed by atoms with Crippen LogP contribution in [0.2, 0.25) is 0 Å². The zero-order valence-corrected chi connectivity index (χ0v) is 12.6. The Labute approximate surface area is 106 Å². The summed E-state index contributed by atoms with van der Waals surface area (Å²) in [5, 5.41) is 0. The predicted molar refractivity (Wildman–Crippen MR) is 64.4 cm³/mol. The fourth-order valence-corrected chi connectivity index (χ4v) is 6.27. The third-order valence-corrected chi connectivity index (χ3v) is 8.45. The van der Waals surface area contributed by atoms with Crippen molar-refractivity contribution in [3.05, 3.63) is 0 Å². The van der Waals surface area contributed by atoms with Crippen molar-refractivity contribution in [3.8, 4) is 0 Å². The summed E-state index contributed by atoms with van der Waals surface area (Å²) in [5.41, 5.74) is 0. The molecule has 0 spiro atoms. The van der Waals surface area contributed by atoms with Crippen LogP contribution in [0.3, 0.4) is 0 Å². The lowest BCUT2D eigenvalue weighted by Crippen LogP contribution is -1.95. The van der Waals surface area contributed by atoms with E-state index in [1.54, 1.807) is 0 Å². The van der Waals surface area contributed by atoms with E-state index in [-0.39, 0.29) is 0 Å². The topological polar surface area (TPSA) is 0 Å². The van der Waals surface area contributed by atoms with Crippen molar-refractivity contribution in [3.63, 3.8) is 0 Å². The van der Waals surface area contributed by atoms with Crippen LogP contribution in [0.25, 0.3) is 0 Å². The minimum Gasteiger partial charge on any atom is -0.0721 e. The molecule has 0 heterocycles. The van der Waals surface area contributed by atoms with Gasteiger partial charge in [-0.1, -0.05) is 63.7 Å². The zero-order chi connectivity index (χ0) is 8.72. The van der Waals surface area contributed by atoms with Gasteiger partial charge in [0, 0.05) is 0 Å². The zero-order valence-electron chi connectivity index (χ0n) is 6.24. The van der Waals surface area contributed by atoms with Crippen molar-refractivity contribution in [1.82, 2.24) is 0 Å². The summed E-state index contributed by atoms with van der Waals surface area (Å²) in [6.07, 6.45) is 2.73. The quantitative estimate of drug-likeness (QED) is 0.511. The molecule has 0 bridgehead atoms. The SMILES string of the molecule is BrC1(Br)[C@@H]2C[C@@H]3[C@H](C[C@H]21)C3(Br)Br. The highest BCUT2D eigenvalue weighted by Crippen LogP contribution is 2.79. The molecule has 3 fully saturated rings. The Morgan fingerprint density at radius 1 is 0.667 bits per heavy atom. The van der Waals surface area contributed by atoms with Gasteiger partial charge in [0.1, 0.15) is 0 Å². The van der Waals surface area contributed by atoms with Crippen LogP contribution < -0.4 is 0 Å². The molecule has 68 valence electrons. The maximum atomic E-state index is 3.75. The molecule has 4 atom stereocenters. The van der Waals surface area contributed by atoms with E-state index < -0.39 is 0 Å². The highest BCUT2D eigenvalue weighted by atomic mass is 79.9. The molecule has 0 aromatic carbocycles. The maximum absolute atomic E-state index is 3.75. The summed E-state index contributed by atoms with van der Waals surface area (Å²) in [6, 6.07) is 0. The number of halogens is 4. The van der Waals surface area contributed by atoms with E-state index in [2.05, 4.69) is 63.7 Å². The van der Waals surface area contributed by atoms with Crippen molar-refractivity contribution in [2.75, 3.05) is 0 Å². The predicted octanol–water partition coefficient (Wildman–Crippen LogP) is 4.24. The maximum Gasteiger partial charge on any atom is 0.0868 e. The van der Waals surface area contributed by atoms with Crippen molar-refractivity contribution >= 4 is 63.7 Å². The van der Waals surface area contributed by atoms with Gasteiger partial charge >= 0.3 is 0 Å².